The summed E-state index contributed by atoms with van der Waals surface area (Å²) in [5.41, 5.74) is 0. The fraction of sp³-hybridized carbons (Fsp3) is 0.938. The Hall–Kier alpha value is 0.480. The highest BCUT2D eigenvalue weighted by molar-refractivity contribution is 9.10. The van der Waals surface area contributed by atoms with Crippen LogP contribution < -0.4 is 0 Å². The fourth-order valence-electron chi connectivity index (χ4n) is 2.29. The van der Waals surface area contributed by atoms with Crippen molar-refractivity contribution in [1.29, 1.82) is 0 Å². The van der Waals surface area contributed by atoms with Crippen LogP contribution in [0.25, 0.3) is 0 Å². The molecule has 0 aliphatic heterocycles. The van der Waals surface area contributed by atoms with Gasteiger partial charge in [0.2, 0.25) is 0 Å². The van der Waals surface area contributed by atoms with Gasteiger partial charge in [0.15, 0.2) is 0 Å². The summed E-state index contributed by atoms with van der Waals surface area (Å²) < 4.78 is 0. The Morgan fingerprint density at radius 1 is 0.706 bits per heavy atom. The Balaban J connectivity index is 3.28. The van der Waals surface area contributed by atoms with Crippen molar-refractivity contribution in [3.05, 3.63) is 5.33 Å². The third-order valence-corrected chi connectivity index (χ3v) is 4.28. The Morgan fingerprint density at radius 3 is 1.59 bits per heavy atom. The molecule has 0 saturated heterocycles. The number of hydrogen-bond acceptors (Lipinski definition) is 0. The SMILES string of the molecule is CCCCCCCCC([CH]Br)CCCCCC. The van der Waals surface area contributed by atoms with E-state index >= 15 is 0 Å². The molecule has 17 heavy (non-hydrogen) atoms. The Labute approximate surface area is 118 Å². The van der Waals surface area contributed by atoms with Gasteiger partial charge in [-0.05, 0) is 18.8 Å². The number of unbranched alkanes of at least 4 members (excludes halogenated alkanes) is 8. The summed E-state index contributed by atoms with van der Waals surface area (Å²) in [5, 5.41) is 2.25. The van der Waals surface area contributed by atoms with E-state index in [9.17, 15) is 0 Å². The zero-order valence-corrected chi connectivity index (χ0v) is 13.6. The van der Waals surface area contributed by atoms with E-state index in [4.69, 9.17) is 0 Å². The molecule has 0 aromatic heterocycles. The molecular weight excluding hydrogens is 272 g/mol. The first-order valence-corrected chi connectivity index (χ1v) is 8.70. The van der Waals surface area contributed by atoms with Crippen LogP contribution in [0.1, 0.15) is 90.9 Å². The minimum absolute atomic E-state index is 0.818. The summed E-state index contributed by atoms with van der Waals surface area (Å²) in [7, 11) is 0. The minimum Gasteiger partial charge on any atom is -0.0875 e. The molecule has 1 atom stereocenters. The first-order valence-electron chi connectivity index (χ1n) is 7.78. The van der Waals surface area contributed by atoms with Crippen molar-refractivity contribution < 1.29 is 0 Å². The van der Waals surface area contributed by atoms with Gasteiger partial charge in [0.05, 0.1) is 0 Å². The molecule has 0 fully saturated rings. The summed E-state index contributed by atoms with van der Waals surface area (Å²) in [4.78, 5) is 0. The van der Waals surface area contributed by atoms with Gasteiger partial charge in [-0.2, -0.15) is 0 Å². The van der Waals surface area contributed by atoms with Crippen molar-refractivity contribution >= 4 is 15.9 Å². The molecule has 0 aromatic carbocycles. The summed E-state index contributed by atoms with van der Waals surface area (Å²) in [5.74, 6) is 0.818. The molecule has 0 nitrogen and oxygen atoms in total. The normalized spacial score (nSPS) is 12.9. The molecule has 1 unspecified atom stereocenters. The topological polar surface area (TPSA) is 0 Å². The molecule has 0 rings (SSSR count). The van der Waals surface area contributed by atoms with Crippen molar-refractivity contribution in [2.45, 2.75) is 90.9 Å². The van der Waals surface area contributed by atoms with E-state index in [1.54, 1.807) is 0 Å². The van der Waals surface area contributed by atoms with Gasteiger partial charge in [-0.25, -0.2) is 0 Å². The van der Waals surface area contributed by atoms with Crippen molar-refractivity contribution in [1.82, 2.24) is 0 Å². The molecule has 0 bridgehead atoms. The third kappa shape index (κ3) is 12.7. The van der Waals surface area contributed by atoms with E-state index in [1.807, 2.05) is 0 Å². The summed E-state index contributed by atoms with van der Waals surface area (Å²) in [6.45, 7) is 4.57. The van der Waals surface area contributed by atoms with E-state index in [0.717, 1.165) is 5.92 Å². The van der Waals surface area contributed by atoms with Gasteiger partial charge in [-0.1, -0.05) is 94.0 Å². The maximum atomic E-state index is 3.55. The minimum atomic E-state index is 0.818. The molecule has 0 aliphatic rings. The molecular formula is C16H32Br. The molecule has 0 aliphatic carbocycles. The van der Waals surface area contributed by atoms with Gasteiger partial charge < -0.3 is 0 Å². The predicted molar refractivity (Wildman–Crippen MR) is 83.5 cm³/mol. The lowest BCUT2D eigenvalue weighted by atomic mass is 9.96. The Bertz CT molecular complexity index is 133. The smallest absolute Gasteiger partial charge is 0.0302 e. The quantitative estimate of drug-likeness (QED) is 0.325. The molecule has 1 radical (unpaired) electrons. The van der Waals surface area contributed by atoms with E-state index in [1.165, 1.54) is 77.0 Å². The van der Waals surface area contributed by atoms with Gasteiger partial charge in [-0.15, -0.1) is 0 Å². The first kappa shape index (κ1) is 17.5. The second kappa shape index (κ2) is 14.5. The lowest BCUT2D eigenvalue weighted by Gasteiger charge is -2.13. The summed E-state index contributed by atoms with van der Waals surface area (Å²) in [6, 6.07) is 0. The van der Waals surface area contributed by atoms with Gasteiger partial charge >= 0.3 is 0 Å². The van der Waals surface area contributed by atoms with Crippen LogP contribution in [0.4, 0.5) is 0 Å². The van der Waals surface area contributed by atoms with Crippen LogP contribution in [0.3, 0.4) is 0 Å². The van der Waals surface area contributed by atoms with Gasteiger partial charge in [0.25, 0.3) is 0 Å². The van der Waals surface area contributed by atoms with Crippen LogP contribution in [0, 0.1) is 11.2 Å². The number of rotatable bonds is 13. The molecule has 0 N–H and O–H groups in total. The van der Waals surface area contributed by atoms with E-state index in [-0.39, 0.29) is 0 Å². The van der Waals surface area contributed by atoms with Crippen molar-refractivity contribution in [3.8, 4) is 0 Å². The van der Waals surface area contributed by atoms with Crippen LogP contribution in [-0.4, -0.2) is 0 Å². The van der Waals surface area contributed by atoms with Crippen molar-refractivity contribution in [2.24, 2.45) is 5.92 Å². The molecule has 103 valence electrons. The Morgan fingerprint density at radius 2 is 1.12 bits per heavy atom. The lowest BCUT2D eigenvalue weighted by molar-refractivity contribution is 0.463. The second-order valence-electron chi connectivity index (χ2n) is 5.29. The maximum absolute atomic E-state index is 3.55. The lowest BCUT2D eigenvalue weighted by Crippen LogP contribution is -1.98. The van der Waals surface area contributed by atoms with Crippen LogP contribution in [-0.2, 0) is 0 Å². The monoisotopic (exact) mass is 303 g/mol. The van der Waals surface area contributed by atoms with Crippen LogP contribution in [0.15, 0.2) is 0 Å². The van der Waals surface area contributed by atoms with Crippen LogP contribution >= 0.6 is 15.9 Å². The van der Waals surface area contributed by atoms with E-state index < -0.39 is 0 Å². The van der Waals surface area contributed by atoms with E-state index in [2.05, 4.69) is 35.1 Å². The third-order valence-electron chi connectivity index (χ3n) is 3.54. The van der Waals surface area contributed by atoms with E-state index in [0.29, 0.717) is 0 Å². The highest BCUT2D eigenvalue weighted by Gasteiger charge is 2.06. The van der Waals surface area contributed by atoms with Crippen LogP contribution in [0.2, 0.25) is 0 Å². The molecule has 0 aromatic rings. The molecule has 0 saturated carbocycles. The zero-order chi connectivity index (χ0) is 12.8. The van der Waals surface area contributed by atoms with Crippen molar-refractivity contribution in [2.75, 3.05) is 0 Å². The van der Waals surface area contributed by atoms with Gasteiger partial charge in [0, 0.05) is 5.33 Å². The first-order chi connectivity index (χ1) is 8.35. The summed E-state index contributed by atoms with van der Waals surface area (Å²) >= 11 is 3.55. The number of hydrogen-bond donors (Lipinski definition) is 0. The second-order valence-corrected chi connectivity index (χ2v) is 5.82. The fourth-order valence-corrected chi connectivity index (χ4v) is 2.82. The molecule has 1 heteroatoms. The highest BCUT2D eigenvalue weighted by atomic mass is 79.9. The zero-order valence-electron chi connectivity index (χ0n) is 12.0. The average Bonchev–Trinajstić information content (AvgIpc) is 2.36. The molecule has 0 amide bonds. The molecule has 0 spiro atoms. The van der Waals surface area contributed by atoms with Gasteiger partial charge in [-0.3, -0.25) is 0 Å². The standard InChI is InChI=1S/C16H32Br/c1-3-5-7-9-10-12-14-16(15-17)13-11-8-6-4-2/h15-16H,3-14H2,1-2H3. The van der Waals surface area contributed by atoms with Crippen molar-refractivity contribution in [3.63, 3.8) is 0 Å². The predicted octanol–water partition coefficient (Wildman–Crippen LogP) is 6.88. The number of halogens is 1. The highest BCUT2D eigenvalue weighted by Crippen LogP contribution is 2.23. The van der Waals surface area contributed by atoms with Crippen LogP contribution in [0.5, 0.6) is 0 Å². The van der Waals surface area contributed by atoms with Gasteiger partial charge in [0.1, 0.15) is 0 Å². The average molecular weight is 304 g/mol. The largest absolute Gasteiger partial charge is 0.0875 e. The summed E-state index contributed by atoms with van der Waals surface area (Å²) in [6.07, 6.45) is 16.9. The molecule has 0 heterocycles. The maximum Gasteiger partial charge on any atom is 0.0302 e. The Kier molecular flexibility index (Phi) is 15.0.